The Bertz CT molecular complexity index is 122. The smallest absolute Gasteiger partial charge is 0.0512 e. The van der Waals surface area contributed by atoms with Crippen molar-refractivity contribution in [2.45, 2.75) is 32.7 Å². The number of nitrogens with zero attached hydrogens (tertiary/aromatic N) is 2. The zero-order valence-electron chi connectivity index (χ0n) is 7.58. The van der Waals surface area contributed by atoms with Crippen molar-refractivity contribution in [2.24, 2.45) is 4.99 Å². The summed E-state index contributed by atoms with van der Waals surface area (Å²) in [7, 11) is 0. The molecule has 0 spiro atoms. The first-order chi connectivity index (χ1) is 5.34. The summed E-state index contributed by atoms with van der Waals surface area (Å²) < 4.78 is 0. The molecule has 1 heterocycles. The van der Waals surface area contributed by atoms with Crippen LogP contribution in [-0.4, -0.2) is 36.8 Å². The van der Waals surface area contributed by atoms with E-state index in [4.69, 9.17) is 0 Å². The molecule has 0 N–H and O–H groups in total. The SMILES string of the molecule is CCC(C)N1CCC=NCC1. The first-order valence-electron chi connectivity index (χ1n) is 4.57. The van der Waals surface area contributed by atoms with E-state index in [1.807, 2.05) is 0 Å². The molecule has 1 rings (SSSR count). The van der Waals surface area contributed by atoms with Gasteiger partial charge in [0.15, 0.2) is 0 Å². The van der Waals surface area contributed by atoms with E-state index in [1.165, 1.54) is 13.0 Å². The monoisotopic (exact) mass is 154 g/mol. The van der Waals surface area contributed by atoms with Crippen LogP contribution in [0.2, 0.25) is 0 Å². The molecule has 1 unspecified atom stereocenters. The van der Waals surface area contributed by atoms with Gasteiger partial charge >= 0.3 is 0 Å². The summed E-state index contributed by atoms with van der Waals surface area (Å²) in [6, 6.07) is 0.733. The Kier molecular flexibility index (Phi) is 3.57. The van der Waals surface area contributed by atoms with Crippen LogP contribution in [-0.2, 0) is 0 Å². The molecule has 64 valence electrons. The third kappa shape index (κ3) is 2.62. The van der Waals surface area contributed by atoms with Crippen LogP contribution in [0.15, 0.2) is 4.99 Å². The second-order valence-electron chi connectivity index (χ2n) is 3.17. The first kappa shape index (κ1) is 8.72. The molecule has 0 amide bonds. The van der Waals surface area contributed by atoms with E-state index in [-0.39, 0.29) is 0 Å². The summed E-state index contributed by atoms with van der Waals surface area (Å²) in [6.45, 7) is 7.87. The summed E-state index contributed by atoms with van der Waals surface area (Å²) in [4.78, 5) is 6.79. The molecular formula is C9H18N2. The molecule has 0 bridgehead atoms. The average Bonchev–Trinajstić information content (AvgIpc) is 2.30. The number of rotatable bonds is 2. The van der Waals surface area contributed by atoms with Crippen molar-refractivity contribution in [2.75, 3.05) is 19.6 Å². The molecule has 0 fully saturated rings. The Morgan fingerprint density at radius 1 is 1.55 bits per heavy atom. The number of hydrogen-bond donors (Lipinski definition) is 0. The summed E-state index contributed by atoms with van der Waals surface area (Å²) >= 11 is 0. The van der Waals surface area contributed by atoms with E-state index in [9.17, 15) is 0 Å². The second-order valence-corrected chi connectivity index (χ2v) is 3.17. The molecule has 2 heteroatoms. The number of hydrogen-bond acceptors (Lipinski definition) is 2. The van der Waals surface area contributed by atoms with Crippen LogP contribution in [0.3, 0.4) is 0 Å². The Morgan fingerprint density at radius 3 is 3.09 bits per heavy atom. The van der Waals surface area contributed by atoms with Crippen LogP contribution in [0.1, 0.15) is 26.7 Å². The van der Waals surface area contributed by atoms with Gasteiger partial charge < -0.3 is 0 Å². The van der Waals surface area contributed by atoms with Crippen molar-refractivity contribution in [1.29, 1.82) is 0 Å². The molecule has 0 saturated carbocycles. The van der Waals surface area contributed by atoms with Crippen molar-refractivity contribution in [1.82, 2.24) is 4.90 Å². The maximum Gasteiger partial charge on any atom is 0.0512 e. The maximum atomic E-state index is 4.27. The molecule has 0 saturated heterocycles. The summed E-state index contributed by atoms with van der Waals surface area (Å²) in [6.07, 6.45) is 4.44. The lowest BCUT2D eigenvalue weighted by molar-refractivity contribution is 0.220. The van der Waals surface area contributed by atoms with Crippen molar-refractivity contribution in [3.8, 4) is 0 Å². The molecule has 2 nitrogen and oxygen atoms in total. The largest absolute Gasteiger partial charge is 0.298 e. The molecule has 0 aromatic carbocycles. The van der Waals surface area contributed by atoms with Crippen molar-refractivity contribution >= 4 is 6.21 Å². The van der Waals surface area contributed by atoms with E-state index in [0.29, 0.717) is 0 Å². The van der Waals surface area contributed by atoms with Crippen molar-refractivity contribution in [3.63, 3.8) is 0 Å². The lowest BCUT2D eigenvalue weighted by Gasteiger charge is -2.25. The van der Waals surface area contributed by atoms with Gasteiger partial charge in [-0.1, -0.05) is 6.92 Å². The third-order valence-corrected chi connectivity index (χ3v) is 2.40. The van der Waals surface area contributed by atoms with E-state index in [1.54, 1.807) is 0 Å². The topological polar surface area (TPSA) is 15.6 Å². The highest BCUT2D eigenvalue weighted by Crippen LogP contribution is 2.05. The van der Waals surface area contributed by atoms with Gasteiger partial charge in [-0.2, -0.15) is 0 Å². The fraction of sp³-hybridized carbons (Fsp3) is 0.889. The van der Waals surface area contributed by atoms with Crippen LogP contribution < -0.4 is 0 Å². The minimum atomic E-state index is 0.733. The van der Waals surface area contributed by atoms with Gasteiger partial charge in [-0.05, 0) is 19.8 Å². The standard InChI is InChI=1S/C9H18N2/c1-3-9(2)11-7-4-5-10-6-8-11/h5,9H,3-4,6-8H2,1-2H3. The highest BCUT2D eigenvalue weighted by atomic mass is 15.2. The first-order valence-corrected chi connectivity index (χ1v) is 4.57. The van der Waals surface area contributed by atoms with Crippen LogP contribution in [0.25, 0.3) is 0 Å². The lowest BCUT2D eigenvalue weighted by Crippen LogP contribution is -2.34. The summed E-state index contributed by atoms with van der Waals surface area (Å²) in [5.74, 6) is 0. The summed E-state index contributed by atoms with van der Waals surface area (Å²) in [5, 5.41) is 0. The van der Waals surface area contributed by atoms with Crippen molar-refractivity contribution < 1.29 is 0 Å². The molecule has 0 aromatic heterocycles. The van der Waals surface area contributed by atoms with Crippen LogP contribution in [0.4, 0.5) is 0 Å². The number of aliphatic imine (C=N–C) groups is 1. The fourth-order valence-electron chi connectivity index (χ4n) is 1.40. The van der Waals surface area contributed by atoms with Gasteiger partial charge in [-0.15, -0.1) is 0 Å². The zero-order valence-corrected chi connectivity index (χ0v) is 7.58. The van der Waals surface area contributed by atoms with Gasteiger partial charge in [0.2, 0.25) is 0 Å². The third-order valence-electron chi connectivity index (χ3n) is 2.40. The van der Waals surface area contributed by atoms with Gasteiger partial charge in [0.1, 0.15) is 0 Å². The Balaban J connectivity index is 2.34. The molecule has 1 atom stereocenters. The van der Waals surface area contributed by atoms with Gasteiger partial charge in [-0.25, -0.2) is 0 Å². The predicted octanol–water partition coefficient (Wildman–Crippen LogP) is 1.56. The van der Waals surface area contributed by atoms with Crippen LogP contribution in [0.5, 0.6) is 0 Å². The maximum absolute atomic E-state index is 4.27. The van der Waals surface area contributed by atoms with Gasteiger partial charge in [0.25, 0.3) is 0 Å². The Labute approximate surface area is 69.3 Å². The average molecular weight is 154 g/mol. The minimum absolute atomic E-state index is 0.733. The van der Waals surface area contributed by atoms with E-state index < -0.39 is 0 Å². The molecule has 1 aliphatic heterocycles. The Hall–Kier alpha value is -0.370. The molecule has 1 aliphatic rings. The van der Waals surface area contributed by atoms with Crippen LogP contribution in [0, 0.1) is 0 Å². The minimum Gasteiger partial charge on any atom is -0.298 e. The van der Waals surface area contributed by atoms with Crippen molar-refractivity contribution in [3.05, 3.63) is 0 Å². The highest BCUT2D eigenvalue weighted by molar-refractivity contribution is 5.57. The zero-order chi connectivity index (χ0) is 8.10. The fourth-order valence-corrected chi connectivity index (χ4v) is 1.40. The van der Waals surface area contributed by atoms with E-state index >= 15 is 0 Å². The normalized spacial score (nSPS) is 23.1. The van der Waals surface area contributed by atoms with Gasteiger partial charge in [0.05, 0.1) is 6.54 Å². The molecular weight excluding hydrogens is 136 g/mol. The Morgan fingerprint density at radius 2 is 2.36 bits per heavy atom. The van der Waals surface area contributed by atoms with Gasteiger partial charge in [0, 0.05) is 25.3 Å². The predicted molar refractivity (Wildman–Crippen MR) is 49.3 cm³/mol. The quantitative estimate of drug-likeness (QED) is 0.589. The van der Waals surface area contributed by atoms with Crippen LogP contribution >= 0.6 is 0 Å². The molecule has 0 aromatic rings. The van der Waals surface area contributed by atoms with Gasteiger partial charge in [-0.3, -0.25) is 9.89 Å². The highest BCUT2D eigenvalue weighted by Gasteiger charge is 2.11. The molecule has 0 aliphatic carbocycles. The molecule has 11 heavy (non-hydrogen) atoms. The summed E-state index contributed by atoms with van der Waals surface area (Å²) in [5.41, 5.74) is 0. The van der Waals surface area contributed by atoms with E-state index in [2.05, 4.69) is 30.0 Å². The molecule has 0 radical (unpaired) electrons. The van der Waals surface area contributed by atoms with E-state index in [0.717, 1.165) is 25.6 Å². The lowest BCUT2D eigenvalue weighted by atomic mass is 10.2. The second kappa shape index (κ2) is 4.50.